The molecule has 0 aromatic rings. The van der Waals surface area contributed by atoms with Gasteiger partial charge in [-0.15, -0.1) is 0 Å². The fourth-order valence-electron chi connectivity index (χ4n) is 1.67. The Morgan fingerprint density at radius 2 is 1.83 bits per heavy atom. The van der Waals surface area contributed by atoms with Crippen molar-refractivity contribution >= 4 is 18.0 Å². The van der Waals surface area contributed by atoms with Crippen molar-refractivity contribution in [2.24, 2.45) is 0 Å². The molecule has 0 aromatic heterocycles. The number of nitrogens with one attached hydrogen (secondary N) is 1. The molecular weight excluding hydrogens is 304 g/mol. The number of esters is 2. The minimum Gasteiger partial charge on any atom is -0.462 e. The molecule has 0 spiro atoms. The van der Waals surface area contributed by atoms with Crippen LogP contribution >= 0.6 is 0 Å². The van der Waals surface area contributed by atoms with Crippen LogP contribution in [0.25, 0.3) is 0 Å². The van der Waals surface area contributed by atoms with Gasteiger partial charge in [0.25, 0.3) is 0 Å². The van der Waals surface area contributed by atoms with Crippen molar-refractivity contribution in [1.29, 1.82) is 0 Å². The van der Waals surface area contributed by atoms with E-state index in [0.717, 1.165) is 6.54 Å². The molecule has 0 radical (unpaired) electrons. The second kappa shape index (κ2) is 9.83. The molecule has 23 heavy (non-hydrogen) atoms. The topological polar surface area (TPSA) is 93.9 Å². The highest BCUT2D eigenvalue weighted by atomic mass is 16.6. The number of amides is 1. The van der Waals surface area contributed by atoms with Gasteiger partial charge >= 0.3 is 18.0 Å². The summed E-state index contributed by atoms with van der Waals surface area (Å²) >= 11 is 0. The first-order valence-corrected chi connectivity index (χ1v) is 7.53. The molecule has 130 valence electrons. The van der Waals surface area contributed by atoms with Crippen LogP contribution in [-0.4, -0.2) is 68.4 Å². The number of hydrogen-bond donors (Lipinski definition) is 1. The van der Waals surface area contributed by atoms with Gasteiger partial charge in [0.1, 0.15) is 19.8 Å². The van der Waals surface area contributed by atoms with Gasteiger partial charge in [0.05, 0.1) is 13.0 Å². The average molecular weight is 328 g/mol. The standard InChI is InChI=1S/C15H24N2O6/c1-11(2)14(19)22-7-5-16-15(20)23-9-8-21-13(18)4-6-17-10-12(17)3/h12H,1,4-10H2,2-3H3,(H,16,20). The fourth-order valence-corrected chi connectivity index (χ4v) is 1.67. The van der Waals surface area contributed by atoms with Crippen LogP contribution in [0.2, 0.25) is 0 Å². The Morgan fingerprint density at radius 1 is 1.17 bits per heavy atom. The SMILES string of the molecule is C=C(C)C(=O)OCCNC(=O)OCCOC(=O)CCN1CC1C. The van der Waals surface area contributed by atoms with E-state index in [4.69, 9.17) is 14.2 Å². The van der Waals surface area contributed by atoms with Crippen LogP contribution in [0.1, 0.15) is 20.3 Å². The van der Waals surface area contributed by atoms with E-state index in [-0.39, 0.29) is 32.3 Å². The molecule has 0 saturated carbocycles. The second-order valence-electron chi connectivity index (χ2n) is 5.29. The van der Waals surface area contributed by atoms with Gasteiger partial charge in [0.15, 0.2) is 0 Å². The molecule has 1 N–H and O–H groups in total. The van der Waals surface area contributed by atoms with E-state index in [2.05, 4.69) is 23.7 Å². The molecular formula is C15H24N2O6. The Labute approximate surface area is 135 Å². The van der Waals surface area contributed by atoms with E-state index < -0.39 is 12.1 Å². The van der Waals surface area contributed by atoms with Crippen LogP contribution in [0.15, 0.2) is 12.2 Å². The molecule has 1 rings (SSSR count). The summed E-state index contributed by atoms with van der Waals surface area (Å²) in [7, 11) is 0. The highest BCUT2D eigenvalue weighted by Crippen LogP contribution is 2.15. The molecule has 1 amide bonds. The molecule has 1 fully saturated rings. The van der Waals surface area contributed by atoms with Crippen molar-refractivity contribution in [2.45, 2.75) is 26.3 Å². The predicted octanol–water partition coefficient (Wildman–Crippen LogP) is 0.469. The molecule has 2 atom stereocenters. The van der Waals surface area contributed by atoms with E-state index in [1.807, 2.05) is 0 Å². The molecule has 1 heterocycles. The van der Waals surface area contributed by atoms with E-state index >= 15 is 0 Å². The third-order valence-electron chi connectivity index (χ3n) is 3.12. The zero-order valence-electron chi connectivity index (χ0n) is 13.6. The molecule has 1 saturated heterocycles. The van der Waals surface area contributed by atoms with Crippen LogP contribution < -0.4 is 5.32 Å². The maximum Gasteiger partial charge on any atom is 0.407 e. The Balaban J connectivity index is 1.92. The first-order chi connectivity index (χ1) is 10.9. The summed E-state index contributed by atoms with van der Waals surface area (Å²) in [5.41, 5.74) is 0.294. The summed E-state index contributed by atoms with van der Waals surface area (Å²) in [6, 6.07) is 0.560. The molecule has 0 aromatic carbocycles. The van der Waals surface area contributed by atoms with Crippen molar-refractivity contribution in [3.63, 3.8) is 0 Å². The van der Waals surface area contributed by atoms with Crippen molar-refractivity contribution in [1.82, 2.24) is 10.2 Å². The highest BCUT2D eigenvalue weighted by Gasteiger charge is 2.28. The maximum absolute atomic E-state index is 11.4. The van der Waals surface area contributed by atoms with Crippen molar-refractivity contribution in [3.05, 3.63) is 12.2 Å². The number of rotatable bonds is 10. The van der Waals surface area contributed by atoms with Crippen molar-refractivity contribution in [2.75, 3.05) is 39.5 Å². The van der Waals surface area contributed by atoms with Crippen molar-refractivity contribution < 1.29 is 28.6 Å². The highest BCUT2D eigenvalue weighted by molar-refractivity contribution is 5.86. The molecule has 8 heteroatoms. The van der Waals surface area contributed by atoms with Gasteiger partial charge in [0, 0.05) is 24.7 Å². The maximum atomic E-state index is 11.4. The summed E-state index contributed by atoms with van der Waals surface area (Å²) in [5.74, 6) is -0.816. The van der Waals surface area contributed by atoms with Gasteiger partial charge in [0.2, 0.25) is 0 Å². The lowest BCUT2D eigenvalue weighted by Crippen LogP contribution is -2.29. The van der Waals surface area contributed by atoms with Gasteiger partial charge in [-0.25, -0.2) is 9.59 Å². The van der Waals surface area contributed by atoms with Gasteiger partial charge in [-0.1, -0.05) is 6.58 Å². The number of nitrogens with zero attached hydrogens (tertiary/aromatic N) is 1. The number of alkyl carbamates (subject to hydrolysis) is 1. The second-order valence-corrected chi connectivity index (χ2v) is 5.29. The Kier molecular flexibility index (Phi) is 8.10. The Hall–Kier alpha value is -2.09. The monoisotopic (exact) mass is 328 g/mol. The molecule has 1 aliphatic rings. The van der Waals surface area contributed by atoms with Crippen LogP contribution in [0.3, 0.4) is 0 Å². The third kappa shape index (κ3) is 8.82. The molecule has 0 aliphatic carbocycles. The van der Waals surface area contributed by atoms with E-state index in [0.29, 0.717) is 24.6 Å². The predicted molar refractivity (Wildman–Crippen MR) is 81.7 cm³/mol. The molecule has 8 nitrogen and oxygen atoms in total. The van der Waals surface area contributed by atoms with Crippen LogP contribution in [0, 0.1) is 0 Å². The lowest BCUT2D eigenvalue weighted by molar-refractivity contribution is -0.144. The van der Waals surface area contributed by atoms with Crippen LogP contribution in [-0.2, 0) is 23.8 Å². The number of carbonyl (C=O) groups is 3. The smallest absolute Gasteiger partial charge is 0.407 e. The average Bonchev–Trinajstić information content (AvgIpc) is 3.21. The zero-order valence-corrected chi connectivity index (χ0v) is 13.6. The normalized spacial score (nSPS) is 18.7. The van der Waals surface area contributed by atoms with E-state index in [1.54, 1.807) is 0 Å². The lowest BCUT2D eigenvalue weighted by atomic mass is 10.4. The molecule has 2 unspecified atom stereocenters. The van der Waals surface area contributed by atoms with Gasteiger partial charge in [-0.05, 0) is 13.8 Å². The van der Waals surface area contributed by atoms with Crippen LogP contribution in [0.4, 0.5) is 4.79 Å². The summed E-state index contributed by atoms with van der Waals surface area (Å²) in [6.45, 7) is 8.95. The van der Waals surface area contributed by atoms with E-state index in [1.165, 1.54) is 6.92 Å². The Bertz CT molecular complexity index is 451. The summed E-state index contributed by atoms with van der Waals surface area (Å²) in [4.78, 5) is 35.9. The summed E-state index contributed by atoms with van der Waals surface area (Å²) in [6.07, 6.45) is -0.324. The zero-order chi connectivity index (χ0) is 17.2. The van der Waals surface area contributed by atoms with Gasteiger partial charge < -0.3 is 19.5 Å². The number of hydrogen-bond acceptors (Lipinski definition) is 7. The molecule has 1 aliphatic heterocycles. The Morgan fingerprint density at radius 3 is 2.43 bits per heavy atom. The largest absolute Gasteiger partial charge is 0.462 e. The fraction of sp³-hybridized carbons (Fsp3) is 0.667. The van der Waals surface area contributed by atoms with Gasteiger partial charge in [-0.2, -0.15) is 0 Å². The summed E-state index contributed by atoms with van der Waals surface area (Å²) in [5, 5.41) is 2.40. The lowest BCUT2D eigenvalue weighted by Gasteiger charge is -2.08. The van der Waals surface area contributed by atoms with E-state index in [9.17, 15) is 14.4 Å². The summed E-state index contributed by atoms with van der Waals surface area (Å²) < 4.78 is 14.5. The van der Waals surface area contributed by atoms with Crippen LogP contribution in [0.5, 0.6) is 0 Å². The number of ether oxygens (including phenoxy) is 3. The number of carbonyl (C=O) groups excluding carboxylic acids is 3. The first-order valence-electron chi connectivity index (χ1n) is 7.53. The van der Waals surface area contributed by atoms with Gasteiger partial charge in [-0.3, -0.25) is 9.69 Å². The minimum atomic E-state index is -0.662. The molecule has 0 bridgehead atoms. The first kappa shape index (κ1) is 19.0. The minimum absolute atomic E-state index is 0.0203. The van der Waals surface area contributed by atoms with Crippen molar-refractivity contribution in [3.8, 4) is 0 Å². The third-order valence-corrected chi connectivity index (χ3v) is 3.12. The quantitative estimate of drug-likeness (QED) is 0.205.